The van der Waals surface area contributed by atoms with Gasteiger partial charge in [0.05, 0.1) is 6.61 Å². The summed E-state index contributed by atoms with van der Waals surface area (Å²) >= 11 is 1.83. The van der Waals surface area contributed by atoms with Crippen LogP contribution in [0.2, 0.25) is 0 Å². The van der Waals surface area contributed by atoms with Gasteiger partial charge in [0.25, 0.3) is 0 Å². The molecule has 2 amide bonds. The Bertz CT molecular complexity index is 177. The van der Waals surface area contributed by atoms with Crippen LogP contribution in [-0.4, -0.2) is 37.0 Å². The number of amides is 2. The van der Waals surface area contributed by atoms with Gasteiger partial charge in [0.2, 0.25) is 11.8 Å². The molecule has 0 aliphatic carbocycles. The highest BCUT2D eigenvalue weighted by Crippen LogP contribution is 1.95. The third kappa shape index (κ3) is 9.75. The molecule has 0 atom stereocenters. The summed E-state index contributed by atoms with van der Waals surface area (Å²) in [5.74, 6) is 0.829. The summed E-state index contributed by atoms with van der Waals surface area (Å²) in [6.45, 7) is 3.95. The number of rotatable bonds is 5. The van der Waals surface area contributed by atoms with Gasteiger partial charge in [-0.15, -0.1) is 0 Å². The largest absolute Gasteiger partial charge is 0.381 e. The zero-order valence-electron chi connectivity index (χ0n) is 9.38. The van der Waals surface area contributed by atoms with Crippen LogP contribution in [0.5, 0.6) is 0 Å². The van der Waals surface area contributed by atoms with E-state index in [1.807, 2.05) is 11.8 Å². The summed E-state index contributed by atoms with van der Waals surface area (Å²) in [6, 6.07) is 0. The maximum Gasteiger partial charge on any atom is 0.227 e. The Morgan fingerprint density at radius 3 is 2.20 bits per heavy atom. The lowest BCUT2D eigenvalue weighted by molar-refractivity contribution is -0.124. The van der Waals surface area contributed by atoms with Crippen molar-refractivity contribution in [3.8, 4) is 0 Å². The van der Waals surface area contributed by atoms with Gasteiger partial charge in [0, 0.05) is 25.2 Å². The Balaban J connectivity index is 0.000000262. The fraction of sp³-hybridized carbons (Fsp3) is 0.800. The normalized spacial score (nSPS) is 14.5. The van der Waals surface area contributed by atoms with Crippen molar-refractivity contribution < 1.29 is 14.3 Å². The third-order valence-corrected chi connectivity index (χ3v) is 2.21. The average Bonchev–Trinajstić information content (AvgIpc) is 2.58. The molecule has 5 heteroatoms. The van der Waals surface area contributed by atoms with Crippen molar-refractivity contribution in [1.82, 2.24) is 5.32 Å². The molecule has 4 nitrogen and oxygen atoms in total. The molecule has 1 N–H and O–H groups in total. The molecule has 1 heterocycles. The van der Waals surface area contributed by atoms with Crippen molar-refractivity contribution in [1.29, 1.82) is 0 Å². The van der Waals surface area contributed by atoms with E-state index in [1.165, 1.54) is 0 Å². The molecular weight excluding hydrogens is 214 g/mol. The fourth-order valence-electron chi connectivity index (χ4n) is 0.896. The molecule has 1 saturated heterocycles. The average molecular weight is 233 g/mol. The predicted molar refractivity (Wildman–Crippen MR) is 61.9 cm³/mol. The number of ether oxygens (including phenoxy) is 1. The Labute approximate surface area is 95.1 Å². The first kappa shape index (κ1) is 14.5. The van der Waals surface area contributed by atoms with Gasteiger partial charge < -0.3 is 4.74 Å². The first-order valence-corrected chi connectivity index (χ1v) is 6.49. The smallest absolute Gasteiger partial charge is 0.227 e. The minimum Gasteiger partial charge on any atom is -0.381 e. The van der Waals surface area contributed by atoms with Gasteiger partial charge in [-0.1, -0.05) is 6.92 Å². The van der Waals surface area contributed by atoms with Crippen LogP contribution in [0.3, 0.4) is 0 Å². The van der Waals surface area contributed by atoms with Gasteiger partial charge in [-0.25, -0.2) is 0 Å². The van der Waals surface area contributed by atoms with Crippen LogP contribution in [0.25, 0.3) is 0 Å². The second-order valence-electron chi connectivity index (χ2n) is 3.08. The van der Waals surface area contributed by atoms with Gasteiger partial charge in [-0.3, -0.25) is 14.9 Å². The second-order valence-corrected chi connectivity index (χ2v) is 4.06. The van der Waals surface area contributed by atoms with Gasteiger partial charge >= 0.3 is 0 Å². The van der Waals surface area contributed by atoms with Crippen molar-refractivity contribution in [3.63, 3.8) is 0 Å². The van der Waals surface area contributed by atoms with Crippen LogP contribution in [0, 0.1) is 0 Å². The number of imide groups is 1. The van der Waals surface area contributed by atoms with Crippen LogP contribution < -0.4 is 5.32 Å². The zero-order chi connectivity index (χ0) is 11.5. The van der Waals surface area contributed by atoms with Gasteiger partial charge in [-0.2, -0.15) is 11.8 Å². The van der Waals surface area contributed by atoms with E-state index in [-0.39, 0.29) is 11.8 Å². The first-order chi connectivity index (χ1) is 7.20. The minimum atomic E-state index is -0.148. The molecule has 1 fully saturated rings. The molecule has 1 aliphatic rings. The van der Waals surface area contributed by atoms with E-state index in [4.69, 9.17) is 4.74 Å². The number of hydrogen-bond acceptors (Lipinski definition) is 4. The standard InChI is InChI=1S/C6H14OS.C4H5NO2/c1-3-4-7-5-6-8-2;6-3-1-2-4(7)5-3/h3-6H2,1-2H3;1-2H2,(H,5,6,7). The van der Waals surface area contributed by atoms with Crippen LogP contribution >= 0.6 is 11.8 Å². The first-order valence-electron chi connectivity index (χ1n) is 5.10. The summed E-state index contributed by atoms with van der Waals surface area (Å²) in [5.41, 5.74) is 0. The second kappa shape index (κ2) is 9.98. The SMILES string of the molecule is CCCOCCSC.O=C1CCC(=O)N1. The summed E-state index contributed by atoms with van der Waals surface area (Å²) in [4.78, 5) is 20.2. The lowest BCUT2D eigenvalue weighted by Crippen LogP contribution is -2.18. The number of hydrogen-bond donors (Lipinski definition) is 1. The lowest BCUT2D eigenvalue weighted by Gasteiger charge is -1.97. The quantitative estimate of drug-likeness (QED) is 0.572. The Morgan fingerprint density at radius 2 is 1.87 bits per heavy atom. The van der Waals surface area contributed by atoms with Crippen LogP contribution in [0.1, 0.15) is 26.2 Å². The third-order valence-electron chi connectivity index (χ3n) is 1.64. The topological polar surface area (TPSA) is 55.4 Å². The molecule has 1 rings (SSSR count). The maximum absolute atomic E-state index is 10.1. The van der Waals surface area contributed by atoms with E-state index >= 15 is 0 Å². The molecule has 0 aromatic carbocycles. The molecule has 0 bridgehead atoms. The molecule has 88 valence electrons. The maximum atomic E-state index is 10.1. The zero-order valence-corrected chi connectivity index (χ0v) is 10.2. The minimum absolute atomic E-state index is 0.148. The van der Waals surface area contributed by atoms with Crippen molar-refractivity contribution in [2.24, 2.45) is 0 Å². The van der Waals surface area contributed by atoms with Gasteiger partial charge in [-0.05, 0) is 12.7 Å². The molecule has 0 spiro atoms. The molecule has 1 aliphatic heterocycles. The molecule has 0 radical (unpaired) electrons. The van der Waals surface area contributed by atoms with Crippen molar-refractivity contribution in [2.45, 2.75) is 26.2 Å². The highest BCUT2D eigenvalue weighted by molar-refractivity contribution is 7.98. The Hall–Kier alpha value is -0.550. The van der Waals surface area contributed by atoms with Crippen LogP contribution in [-0.2, 0) is 14.3 Å². The molecule has 0 saturated carbocycles. The van der Waals surface area contributed by atoms with Crippen LogP contribution in [0.4, 0.5) is 0 Å². The number of carbonyl (C=O) groups is 2. The van der Waals surface area contributed by atoms with Crippen molar-refractivity contribution >= 4 is 23.6 Å². The fourth-order valence-corrected chi connectivity index (χ4v) is 1.18. The van der Waals surface area contributed by atoms with Crippen molar-refractivity contribution in [2.75, 3.05) is 25.2 Å². The summed E-state index contributed by atoms with van der Waals surface area (Å²) in [7, 11) is 0. The number of thioether (sulfide) groups is 1. The highest BCUT2D eigenvalue weighted by atomic mass is 32.2. The molecule has 0 unspecified atom stereocenters. The number of nitrogens with one attached hydrogen (secondary N) is 1. The summed E-state index contributed by atoms with van der Waals surface area (Å²) < 4.78 is 5.20. The molecular formula is C10H19NO3S. The van der Waals surface area contributed by atoms with Crippen LogP contribution in [0.15, 0.2) is 0 Å². The van der Waals surface area contributed by atoms with E-state index in [0.717, 1.165) is 25.4 Å². The summed E-state index contributed by atoms with van der Waals surface area (Å²) in [5, 5.41) is 2.14. The Morgan fingerprint density at radius 1 is 1.27 bits per heavy atom. The van der Waals surface area contributed by atoms with E-state index < -0.39 is 0 Å². The summed E-state index contributed by atoms with van der Waals surface area (Å²) in [6.07, 6.45) is 3.97. The van der Waals surface area contributed by atoms with E-state index in [2.05, 4.69) is 18.5 Å². The molecule has 0 aromatic heterocycles. The van der Waals surface area contributed by atoms with E-state index in [9.17, 15) is 9.59 Å². The molecule has 15 heavy (non-hydrogen) atoms. The monoisotopic (exact) mass is 233 g/mol. The van der Waals surface area contributed by atoms with E-state index in [0.29, 0.717) is 12.8 Å². The van der Waals surface area contributed by atoms with Crippen molar-refractivity contribution in [3.05, 3.63) is 0 Å². The predicted octanol–water partition coefficient (Wildman–Crippen LogP) is 1.20. The van der Waals surface area contributed by atoms with E-state index in [1.54, 1.807) is 0 Å². The Kier molecular flexibility index (Phi) is 9.62. The van der Waals surface area contributed by atoms with Gasteiger partial charge in [0.15, 0.2) is 0 Å². The highest BCUT2D eigenvalue weighted by Gasteiger charge is 2.15. The van der Waals surface area contributed by atoms with Gasteiger partial charge in [0.1, 0.15) is 0 Å². The molecule has 0 aromatic rings. The lowest BCUT2D eigenvalue weighted by atomic mass is 10.4. The number of carbonyl (C=O) groups excluding carboxylic acids is 2.